The summed E-state index contributed by atoms with van der Waals surface area (Å²) in [4.78, 5) is 15.4. The fourth-order valence-electron chi connectivity index (χ4n) is 4.26. The molecule has 3 rings (SSSR count). The first-order valence-electron chi connectivity index (χ1n) is 11.4. The molecular formula is C25H35N3O3S. The van der Waals surface area contributed by atoms with Crippen LogP contribution in [0.25, 0.3) is 0 Å². The van der Waals surface area contributed by atoms with Gasteiger partial charge >= 0.3 is 0 Å². The van der Waals surface area contributed by atoms with Gasteiger partial charge in [-0.1, -0.05) is 49.7 Å². The van der Waals surface area contributed by atoms with Gasteiger partial charge in [0.1, 0.15) is 6.04 Å². The van der Waals surface area contributed by atoms with Gasteiger partial charge in [0.05, 0.1) is 11.9 Å². The molecule has 1 aliphatic rings. The van der Waals surface area contributed by atoms with Crippen LogP contribution in [0.5, 0.6) is 0 Å². The molecule has 7 heteroatoms. The maximum Gasteiger partial charge on any atom is 0.243 e. The van der Waals surface area contributed by atoms with E-state index in [0.717, 1.165) is 43.4 Å². The maximum absolute atomic E-state index is 13.0. The Balaban J connectivity index is 1.70. The lowest BCUT2D eigenvalue weighted by atomic mass is 10.0. The highest BCUT2D eigenvalue weighted by Gasteiger charge is 2.29. The molecule has 0 aliphatic carbocycles. The van der Waals surface area contributed by atoms with Crippen molar-refractivity contribution in [1.82, 2.24) is 10.2 Å². The third-order valence-electron chi connectivity index (χ3n) is 6.10. The molecule has 1 aliphatic heterocycles. The minimum atomic E-state index is -3.63. The van der Waals surface area contributed by atoms with Gasteiger partial charge < -0.3 is 5.32 Å². The van der Waals surface area contributed by atoms with Crippen LogP contribution >= 0.6 is 0 Å². The van der Waals surface area contributed by atoms with Crippen LogP contribution in [0.1, 0.15) is 49.8 Å². The lowest BCUT2D eigenvalue weighted by Crippen LogP contribution is -2.47. The average molecular weight is 458 g/mol. The fraction of sp³-hybridized carbons (Fsp3) is 0.480. The molecule has 1 amide bonds. The minimum Gasteiger partial charge on any atom is -0.350 e. The summed E-state index contributed by atoms with van der Waals surface area (Å²) in [5, 5.41) is 2.96. The highest BCUT2D eigenvalue weighted by atomic mass is 32.2. The Hall–Kier alpha value is -2.38. The summed E-state index contributed by atoms with van der Waals surface area (Å²) >= 11 is 0. The molecule has 0 saturated carbocycles. The van der Waals surface area contributed by atoms with E-state index in [1.54, 1.807) is 19.1 Å². The van der Waals surface area contributed by atoms with Crippen LogP contribution in [0.4, 0.5) is 5.69 Å². The van der Waals surface area contributed by atoms with E-state index >= 15 is 0 Å². The number of aryl methyl sites for hydroxylation is 1. The topological polar surface area (TPSA) is 69.7 Å². The fourth-order valence-corrected chi connectivity index (χ4v) is 5.43. The van der Waals surface area contributed by atoms with Crippen LogP contribution < -0.4 is 9.62 Å². The molecule has 0 radical (unpaired) electrons. The number of nitrogens with zero attached hydrogens (tertiary/aromatic N) is 2. The van der Waals surface area contributed by atoms with Gasteiger partial charge in [0, 0.05) is 13.1 Å². The normalized spacial score (nSPS) is 15.8. The van der Waals surface area contributed by atoms with E-state index in [4.69, 9.17) is 0 Å². The summed E-state index contributed by atoms with van der Waals surface area (Å²) in [6.45, 7) is 7.14. The number of sulfonamides is 1. The van der Waals surface area contributed by atoms with Crippen molar-refractivity contribution in [2.24, 2.45) is 0 Å². The second kappa shape index (κ2) is 11.0. The monoisotopic (exact) mass is 457 g/mol. The zero-order chi connectivity index (χ0) is 23.1. The van der Waals surface area contributed by atoms with Crippen molar-refractivity contribution < 1.29 is 13.2 Å². The van der Waals surface area contributed by atoms with Crippen molar-refractivity contribution in [3.8, 4) is 0 Å². The van der Waals surface area contributed by atoms with Crippen LogP contribution in [-0.2, 0) is 34.3 Å². The number of carbonyl (C=O) groups is 1. The zero-order valence-corrected chi connectivity index (χ0v) is 20.2. The number of hydrogen-bond donors (Lipinski definition) is 1. The number of hydrogen-bond acceptors (Lipinski definition) is 4. The second-order valence-corrected chi connectivity index (χ2v) is 10.4. The highest BCUT2D eigenvalue weighted by Crippen LogP contribution is 2.22. The van der Waals surface area contributed by atoms with Gasteiger partial charge in [-0.2, -0.15) is 0 Å². The molecule has 1 heterocycles. The largest absolute Gasteiger partial charge is 0.350 e. The Morgan fingerprint density at radius 3 is 2.25 bits per heavy atom. The molecule has 1 atom stereocenters. The summed E-state index contributed by atoms with van der Waals surface area (Å²) in [7, 11) is -3.63. The molecular weight excluding hydrogens is 422 g/mol. The number of rotatable bonds is 9. The first-order chi connectivity index (χ1) is 15.3. The van der Waals surface area contributed by atoms with E-state index < -0.39 is 16.1 Å². The molecule has 6 nitrogen and oxygen atoms in total. The van der Waals surface area contributed by atoms with Gasteiger partial charge in [0.2, 0.25) is 15.9 Å². The van der Waals surface area contributed by atoms with E-state index in [0.29, 0.717) is 12.2 Å². The Kier molecular flexibility index (Phi) is 8.32. The Morgan fingerprint density at radius 2 is 1.66 bits per heavy atom. The lowest BCUT2D eigenvalue weighted by Gasteiger charge is -2.29. The number of anilines is 1. The average Bonchev–Trinajstić information content (AvgIpc) is 2.78. The quantitative estimate of drug-likeness (QED) is 0.623. The van der Waals surface area contributed by atoms with Crippen LogP contribution in [0.2, 0.25) is 0 Å². The van der Waals surface area contributed by atoms with Crippen LogP contribution in [0.15, 0.2) is 48.5 Å². The number of carbonyl (C=O) groups excluding carboxylic acids is 1. The van der Waals surface area contributed by atoms with Crippen LogP contribution in [0.3, 0.4) is 0 Å². The van der Waals surface area contributed by atoms with Crippen molar-refractivity contribution in [3.05, 3.63) is 65.2 Å². The number of amides is 1. The SMILES string of the molecule is CCc1ccc(N([C@@H](C)C(=O)NCc2ccccc2CN2CCCCC2)S(C)(=O)=O)cc1. The summed E-state index contributed by atoms with van der Waals surface area (Å²) < 4.78 is 26.2. The molecule has 1 N–H and O–H groups in total. The second-order valence-electron chi connectivity index (χ2n) is 8.58. The first-order valence-corrected chi connectivity index (χ1v) is 13.3. The Morgan fingerprint density at radius 1 is 1.03 bits per heavy atom. The first kappa shape index (κ1) is 24.3. The maximum atomic E-state index is 13.0. The van der Waals surface area contributed by atoms with E-state index in [1.165, 1.54) is 29.1 Å². The van der Waals surface area contributed by atoms with Gasteiger partial charge in [-0.05, 0) is 68.1 Å². The smallest absolute Gasteiger partial charge is 0.243 e. The van der Waals surface area contributed by atoms with E-state index in [1.807, 2.05) is 37.3 Å². The summed E-state index contributed by atoms with van der Waals surface area (Å²) in [6, 6.07) is 14.6. The van der Waals surface area contributed by atoms with Crippen molar-refractivity contribution in [3.63, 3.8) is 0 Å². The Labute approximate surface area is 192 Å². The molecule has 0 spiro atoms. The molecule has 0 unspecified atom stereocenters. The van der Waals surface area contributed by atoms with Crippen molar-refractivity contribution >= 4 is 21.6 Å². The van der Waals surface area contributed by atoms with Gasteiger partial charge in [-0.3, -0.25) is 14.0 Å². The molecule has 2 aromatic rings. The number of likely N-dealkylation sites (tertiary alicyclic amines) is 1. The van der Waals surface area contributed by atoms with Gasteiger partial charge in [0.15, 0.2) is 0 Å². The third kappa shape index (κ3) is 6.33. The van der Waals surface area contributed by atoms with E-state index in [-0.39, 0.29) is 5.91 Å². The van der Waals surface area contributed by atoms with Crippen molar-refractivity contribution in [1.29, 1.82) is 0 Å². The van der Waals surface area contributed by atoms with Crippen molar-refractivity contribution in [2.45, 2.75) is 58.7 Å². The molecule has 2 aromatic carbocycles. The summed E-state index contributed by atoms with van der Waals surface area (Å²) in [6.07, 6.45) is 5.77. The predicted octanol–water partition coefficient (Wildman–Crippen LogP) is 3.71. The molecule has 0 aromatic heterocycles. The predicted molar refractivity (Wildman–Crippen MR) is 130 cm³/mol. The lowest BCUT2D eigenvalue weighted by molar-refractivity contribution is -0.122. The minimum absolute atomic E-state index is 0.317. The standard InChI is InChI=1S/C25H35N3O3S/c1-4-21-12-14-24(15-13-21)28(32(3,30)31)20(2)25(29)26-18-22-10-6-7-11-23(22)19-27-16-8-5-9-17-27/h6-7,10-15,20H,4-5,8-9,16-19H2,1-3H3,(H,26,29)/t20-/m0/s1. The van der Waals surface area contributed by atoms with E-state index in [9.17, 15) is 13.2 Å². The summed E-state index contributed by atoms with van der Waals surface area (Å²) in [5.74, 6) is -0.317. The zero-order valence-electron chi connectivity index (χ0n) is 19.4. The van der Waals surface area contributed by atoms with Gasteiger partial charge in [0.25, 0.3) is 0 Å². The molecule has 32 heavy (non-hydrogen) atoms. The third-order valence-corrected chi connectivity index (χ3v) is 7.34. The van der Waals surface area contributed by atoms with Crippen LogP contribution in [-0.4, -0.2) is 44.6 Å². The van der Waals surface area contributed by atoms with Crippen molar-refractivity contribution in [2.75, 3.05) is 23.7 Å². The molecule has 174 valence electrons. The molecule has 1 fully saturated rings. The number of piperidine rings is 1. The van der Waals surface area contributed by atoms with Crippen LogP contribution in [0, 0.1) is 0 Å². The number of nitrogens with one attached hydrogen (secondary N) is 1. The van der Waals surface area contributed by atoms with E-state index in [2.05, 4.69) is 16.3 Å². The molecule has 0 bridgehead atoms. The highest BCUT2D eigenvalue weighted by molar-refractivity contribution is 7.92. The summed E-state index contributed by atoms with van der Waals surface area (Å²) in [5.41, 5.74) is 3.89. The number of benzene rings is 2. The Bertz CT molecular complexity index is 999. The molecule has 1 saturated heterocycles. The van der Waals surface area contributed by atoms with Gasteiger partial charge in [-0.15, -0.1) is 0 Å². The van der Waals surface area contributed by atoms with Gasteiger partial charge in [-0.25, -0.2) is 8.42 Å².